The first-order valence-corrected chi connectivity index (χ1v) is 15.6. The Morgan fingerprint density at radius 2 is 1.91 bits per heavy atom. The van der Waals surface area contributed by atoms with Gasteiger partial charge in [-0.25, -0.2) is 24.9 Å². The van der Waals surface area contributed by atoms with Gasteiger partial charge in [0.15, 0.2) is 5.65 Å². The molecule has 12 nitrogen and oxygen atoms in total. The largest absolute Gasteiger partial charge is 0.391 e. The minimum absolute atomic E-state index is 0.0105. The average molecular weight is 592 g/mol. The molecule has 2 aliphatic heterocycles. The van der Waals surface area contributed by atoms with Gasteiger partial charge in [-0.3, -0.25) is 9.59 Å². The highest BCUT2D eigenvalue weighted by Gasteiger charge is 2.53. The number of hydrogen-bond donors (Lipinski definition) is 2. The summed E-state index contributed by atoms with van der Waals surface area (Å²) in [5, 5.41) is 13.7. The molecule has 0 radical (unpaired) electrons. The van der Waals surface area contributed by atoms with Crippen LogP contribution in [0, 0.1) is 24.7 Å². The van der Waals surface area contributed by atoms with E-state index in [0.717, 1.165) is 35.7 Å². The van der Waals surface area contributed by atoms with Crippen LogP contribution in [0.4, 0.5) is 17.3 Å². The van der Waals surface area contributed by atoms with E-state index < -0.39 is 6.10 Å². The lowest BCUT2D eigenvalue weighted by Crippen LogP contribution is -2.28. The second kappa shape index (κ2) is 9.52. The van der Waals surface area contributed by atoms with Crippen molar-refractivity contribution < 1.29 is 14.7 Å². The highest BCUT2D eigenvalue weighted by molar-refractivity contribution is 6.02. The van der Waals surface area contributed by atoms with E-state index in [1.807, 2.05) is 29.0 Å². The number of rotatable bonds is 7. The van der Waals surface area contributed by atoms with Gasteiger partial charge in [0.2, 0.25) is 11.8 Å². The smallest absolute Gasteiger partial charge is 0.230 e. The number of β-amino-alcohol motifs (C(OH)–C–C–N with tert-alkyl or cyclic N) is 1. The van der Waals surface area contributed by atoms with Gasteiger partial charge in [0.25, 0.3) is 0 Å². The van der Waals surface area contributed by atoms with Crippen molar-refractivity contribution in [1.29, 1.82) is 0 Å². The number of nitrogens with one attached hydrogen (secondary N) is 1. The molecule has 2 N–H and O–H groups in total. The van der Waals surface area contributed by atoms with Gasteiger partial charge in [0.1, 0.15) is 23.8 Å². The molecule has 44 heavy (non-hydrogen) atoms. The Bertz CT molecular complexity index is 1840. The second-order valence-corrected chi connectivity index (χ2v) is 13.2. The number of carbonyl (C=O) groups excluding carboxylic acids is 2. The molecular formula is C32H33N9O3. The maximum Gasteiger partial charge on any atom is 0.230 e. The Kier molecular flexibility index (Phi) is 5.63. The summed E-state index contributed by atoms with van der Waals surface area (Å²) < 4.78 is 2.06. The Morgan fingerprint density at radius 1 is 1.02 bits per heavy atom. The van der Waals surface area contributed by atoms with Gasteiger partial charge in [-0.1, -0.05) is 0 Å². The summed E-state index contributed by atoms with van der Waals surface area (Å²) in [4.78, 5) is 52.8. The van der Waals surface area contributed by atoms with E-state index in [0.29, 0.717) is 48.7 Å². The molecule has 3 aliphatic carbocycles. The summed E-state index contributed by atoms with van der Waals surface area (Å²) in [5.41, 5.74) is 4.61. The van der Waals surface area contributed by atoms with Gasteiger partial charge >= 0.3 is 0 Å². The molecule has 3 saturated carbocycles. The molecule has 12 heteroatoms. The van der Waals surface area contributed by atoms with E-state index >= 15 is 0 Å². The number of nitrogens with zero attached hydrogens (tertiary/aromatic N) is 8. The number of pyridine rings is 1. The molecule has 5 aliphatic rings. The van der Waals surface area contributed by atoms with Crippen LogP contribution in [0.2, 0.25) is 0 Å². The maximum absolute atomic E-state index is 13.1. The van der Waals surface area contributed by atoms with E-state index in [-0.39, 0.29) is 35.6 Å². The molecule has 2 amide bonds. The number of amides is 2. The number of hydrogen-bond acceptors (Lipinski definition) is 9. The zero-order valence-corrected chi connectivity index (χ0v) is 24.4. The third-order valence-electron chi connectivity index (χ3n) is 9.92. The molecule has 9 rings (SSSR count). The first-order chi connectivity index (χ1) is 21.4. The summed E-state index contributed by atoms with van der Waals surface area (Å²) in [6.07, 6.45) is 11.3. The Hall–Kier alpha value is -4.45. The fourth-order valence-electron chi connectivity index (χ4n) is 7.17. The van der Waals surface area contributed by atoms with E-state index in [9.17, 15) is 14.7 Å². The van der Waals surface area contributed by atoms with Crippen molar-refractivity contribution in [3.8, 4) is 0 Å². The number of aryl methyl sites for hydroxylation is 1. The predicted molar refractivity (Wildman–Crippen MR) is 160 cm³/mol. The van der Waals surface area contributed by atoms with Gasteiger partial charge in [-0.15, -0.1) is 0 Å². The Labute approximate surface area is 253 Å². The lowest BCUT2D eigenvalue weighted by molar-refractivity contribution is -0.119. The molecule has 4 aromatic heterocycles. The summed E-state index contributed by atoms with van der Waals surface area (Å²) in [5.74, 6) is 2.81. The quantitative estimate of drug-likeness (QED) is 0.332. The van der Waals surface area contributed by atoms with Gasteiger partial charge in [-0.2, -0.15) is 0 Å². The zero-order valence-electron chi connectivity index (χ0n) is 24.4. The van der Waals surface area contributed by atoms with Gasteiger partial charge in [0.05, 0.1) is 23.5 Å². The van der Waals surface area contributed by atoms with Crippen LogP contribution < -0.4 is 15.1 Å². The molecule has 6 heterocycles. The summed E-state index contributed by atoms with van der Waals surface area (Å²) in [7, 11) is 0. The number of imidazole rings is 1. The standard InChI is InChI=1S/C32H33N9O3/c1-16-4-5-33-29(36-16)22-9-23(22)31(43)38-27-10-28(35-15-34-27)40-13-20(42)8-25(40)24-14-39-11-18(17-2-3-17)7-26(30(39)37-24)41-12-19-6-21(19)32(41)44/h4-5,7,10-11,14-15,17,19-23,25,42H,2-3,6,8-9,12-13H2,1H3,(H,34,35,38,43)/t19?,20-,21?,22?,23?,25+/m0/s1. The number of fused-ring (bicyclic) bond motifs is 2. The van der Waals surface area contributed by atoms with Crippen molar-refractivity contribution in [3.63, 3.8) is 0 Å². The fourth-order valence-corrected chi connectivity index (χ4v) is 7.17. The third kappa shape index (κ3) is 4.42. The molecule has 5 fully saturated rings. The normalized spacial score (nSPS) is 28.9. The molecule has 224 valence electrons. The number of anilines is 3. The molecular weight excluding hydrogens is 558 g/mol. The minimum atomic E-state index is -0.562. The topological polar surface area (TPSA) is 142 Å². The summed E-state index contributed by atoms with van der Waals surface area (Å²) >= 11 is 0. The fraction of sp³-hybridized carbons (Fsp3) is 0.469. The van der Waals surface area contributed by atoms with E-state index in [1.54, 1.807) is 12.3 Å². The monoisotopic (exact) mass is 591 g/mol. The van der Waals surface area contributed by atoms with Gasteiger partial charge < -0.3 is 24.6 Å². The lowest BCUT2D eigenvalue weighted by Gasteiger charge is -2.24. The van der Waals surface area contributed by atoms with Crippen LogP contribution in [0.1, 0.15) is 72.8 Å². The summed E-state index contributed by atoms with van der Waals surface area (Å²) in [6.45, 7) is 3.06. The van der Waals surface area contributed by atoms with Crippen LogP contribution in [0.5, 0.6) is 0 Å². The van der Waals surface area contributed by atoms with Crippen molar-refractivity contribution >= 4 is 34.8 Å². The Balaban J connectivity index is 0.985. The molecule has 2 saturated heterocycles. The second-order valence-electron chi connectivity index (χ2n) is 13.2. The van der Waals surface area contributed by atoms with E-state index in [2.05, 4.69) is 41.9 Å². The van der Waals surface area contributed by atoms with Crippen molar-refractivity contribution in [2.24, 2.45) is 17.8 Å². The Morgan fingerprint density at radius 3 is 2.70 bits per heavy atom. The zero-order chi connectivity index (χ0) is 29.7. The van der Waals surface area contributed by atoms with Crippen molar-refractivity contribution in [2.45, 2.75) is 63.0 Å². The van der Waals surface area contributed by atoms with Gasteiger partial charge in [0, 0.05) is 67.6 Å². The highest BCUT2D eigenvalue weighted by atomic mass is 16.3. The molecule has 0 aromatic carbocycles. The van der Waals surface area contributed by atoms with Crippen LogP contribution >= 0.6 is 0 Å². The number of piperidine rings is 1. The van der Waals surface area contributed by atoms with Crippen LogP contribution in [0.3, 0.4) is 0 Å². The molecule has 0 spiro atoms. The van der Waals surface area contributed by atoms with Crippen LogP contribution in [0.15, 0.2) is 43.1 Å². The average Bonchev–Trinajstić information content (AvgIpc) is 3.95. The first-order valence-electron chi connectivity index (χ1n) is 15.6. The van der Waals surface area contributed by atoms with E-state index in [1.165, 1.54) is 24.7 Å². The number of aliphatic hydroxyl groups is 1. The lowest BCUT2D eigenvalue weighted by atomic mass is 10.1. The van der Waals surface area contributed by atoms with Crippen molar-refractivity contribution in [3.05, 3.63) is 65.9 Å². The maximum atomic E-state index is 13.1. The molecule has 0 bridgehead atoms. The van der Waals surface area contributed by atoms with E-state index in [4.69, 9.17) is 4.98 Å². The van der Waals surface area contributed by atoms with Crippen LogP contribution in [-0.4, -0.2) is 65.4 Å². The third-order valence-corrected chi connectivity index (χ3v) is 9.92. The summed E-state index contributed by atoms with van der Waals surface area (Å²) in [6, 6.07) is 5.54. The number of carbonyl (C=O) groups is 2. The van der Waals surface area contributed by atoms with Crippen LogP contribution in [0.25, 0.3) is 5.65 Å². The van der Waals surface area contributed by atoms with Crippen molar-refractivity contribution in [2.75, 3.05) is 28.2 Å². The molecule has 6 atom stereocenters. The number of aromatic nitrogens is 6. The SMILES string of the molecule is Cc1ccnc(C2CC2C(=O)Nc2cc(N3C[C@@H](O)C[C@@H]3c3cn4cc(C5CC5)cc(N5CC6CC6C5=O)c4n3)ncn2)n1. The van der Waals surface area contributed by atoms with Crippen molar-refractivity contribution in [1.82, 2.24) is 29.3 Å². The first kappa shape index (κ1) is 26.0. The molecule has 4 unspecified atom stereocenters. The van der Waals surface area contributed by atoms with Crippen LogP contribution in [-0.2, 0) is 9.59 Å². The molecule has 4 aromatic rings. The van der Waals surface area contributed by atoms with Gasteiger partial charge in [-0.05, 0) is 62.1 Å². The predicted octanol–water partition coefficient (Wildman–Crippen LogP) is 3.14. The number of aliphatic hydroxyl groups excluding tert-OH is 1. The highest BCUT2D eigenvalue weighted by Crippen LogP contribution is 2.50. The minimum Gasteiger partial charge on any atom is -0.391 e.